The fraction of sp³-hybridized carbons (Fsp3) is 0.222. The second-order valence-electron chi connectivity index (χ2n) is 2.69. The van der Waals surface area contributed by atoms with Crippen molar-refractivity contribution >= 4 is 5.69 Å². The van der Waals surface area contributed by atoms with Crippen LogP contribution in [0.15, 0.2) is 24.3 Å². The SMILES string of the molecule is ON1[CH]CCc2ccccc21. The third-order valence-electron chi connectivity index (χ3n) is 1.95. The summed E-state index contributed by atoms with van der Waals surface area (Å²) in [5.41, 5.74) is 2.14. The Morgan fingerprint density at radius 1 is 1.27 bits per heavy atom. The highest BCUT2D eigenvalue weighted by atomic mass is 16.5. The van der Waals surface area contributed by atoms with Gasteiger partial charge in [-0.25, -0.2) is 0 Å². The number of rotatable bonds is 0. The summed E-state index contributed by atoms with van der Waals surface area (Å²) in [4.78, 5) is 0. The first-order valence-electron chi connectivity index (χ1n) is 3.77. The molecule has 0 aliphatic carbocycles. The molecule has 1 aliphatic heterocycles. The van der Waals surface area contributed by atoms with E-state index >= 15 is 0 Å². The number of nitrogens with zero attached hydrogens (tertiary/aromatic N) is 1. The zero-order valence-corrected chi connectivity index (χ0v) is 6.20. The first kappa shape index (κ1) is 6.68. The lowest BCUT2D eigenvalue weighted by atomic mass is 10.0. The molecule has 1 radical (unpaired) electrons. The molecular formula is C9H10NO. The average Bonchev–Trinajstić information content (AvgIpc) is 2.06. The fourth-order valence-corrected chi connectivity index (χ4v) is 1.39. The Morgan fingerprint density at radius 2 is 2.09 bits per heavy atom. The minimum absolute atomic E-state index is 0.916. The lowest BCUT2D eigenvalue weighted by Gasteiger charge is -2.24. The normalized spacial score (nSPS) is 16.3. The first-order chi connectivity index (χ1) is 5.38. The van der Waals surface area contributed by atoms with E-state index < -0.39 is 0 Å². The quantitative estimate of drug-likeness (QED) is 0.608. The monoisotopic (exact) mass is 148 g/mol. The molecule has 1 aliphatic rings. The summed E-state index contributed by atoms with van der Waals surface area (Å²) in [5.74, 6) is 0. The highest BCUT2D eigenvalue weighted by Crippen LogP contribution is 2.26. The Hall–Kier alpha value is -1.02. The second-order valence-corrected chi connectivity index (χ2v) is 2.69. The van der Waals surface area contributed by atoms with Gasteiger partial charge in [-0.1, -0.05) is 18.2 Å². The van der Waals surface area contributed by atoms with Crippen molar-refractivity contribution in [2.75, 3.05) is 5.06 Å². The van der Waals surface area contributed by atoms with Gasteiger partial charge in [0.1, 0.15) is 0 Å². The summed E-state index contributed by atoms with van der Waals surface area (Å²) in [6.45, 7) is 1.79. The van der Waals surface area contributed by atoms with Crippen LogP contribution in [-0.4, -0.2) is 5.21 Å². The van der Waals surface area contributed by atoms with E-state index in [-0.39, 0.29) is 0 Å². The molecule has 2 heteroatoms. The third-order valence-corrected chi connectivity index (χ3v) is 1.95. The van der Waals surface area contributed by atoms with Crippen LogP contribution in [-0.2, 0) is 6.42 Å². The topological polar surface area (TPSA) is 23.5 Å². The maximum Gasteiger partial charge on any atom is 0.0795 e. The Morgan fingerprint density at radius 3 is 2.91 bits per heavy atom. The molecule has 0 saturated heterocycles. The molecule has 0 saturated carbocycles. The van der Waals surface area contributed by atoms with Crippen LogP contribution in [0.25, 0.3) is 0 Å². The van der Waals surface area contributed by atoms with Crippen LogP contribution in [0.5, 0.6) is 0 Å². The van der Waals surface area contributed by atoms with E-state index in [0.29, 0.717) is 0 Å². The number of hydrogen-bond donors (Lipinski definition) is 1. The minimum Gasteiger partial charge on any atom is -0.288 e. The van der Waals surface area contributed by atoms with Gasteiger partial charge in [0.2, 0.25) is 0 Å². The number of anilines is 1. The average molecular weight is 148 g/mol. The van der Waals surface area contributed by atoms with Crippen LogP contribution < -0.4 is 5.06 Å². The zero-order chi connectivity index (χ0) is 7.68. The van der Waals surface area contributed by atoms with E-state index in [1.54, 1.807) is 6.54 Å². The molecule has 1 heterocycles. The van der Waals surface area contributed by atoms with Crippen molar-refractivity contribution in [3.05, 3.63) is 36.4 Å². The molecule has 1 N–H and O–H groups in total. The molecule has 0 aromatic heterocycles. The molecule has 0 fully saturated rings. The molecule has 2 rings (SSSR count). The molecule has 0 amide bonds. The molecule has 0 unspecified atom stereocenters. The van der Waals surface area contributed by atoms with Gasteiger partial charge in [-0.15, -0.1) is 0 Å². The van der Waals surface area contributed by atoms with Gasteiger partial charge in [0, 0.05) is 0 Å². The van der Waals surface area contributed by atoms with E-state index in [4.69, 9.17) is 0 Å². The van der Waals surface area contributed by atoms with Crippen LogP contribution in [0, 0.1) is 6.54 Å². The lowest BCUT2D eigenvalue weighted by Crippen LogP contribution is -2.20. The highest BCUT2D eigenvalue weighted by Gasteiger charge is 2.13. The maximum atomic E-state index is 9.34. The molecule has 57 valence electrons. The van der Waals surface area contributed by atoms with Crippen molar-refractivity contribution in [2.45, 2.75) is 12.8 Å². The molecule has 1 aromatic rings. The first-order valence-corrected chi connectivity index (χ1v) is 3.77. The van der Waals surface area contributed by atoms with Gasteiger partial charge in [0.25, 0.3) is 0 Å². The Bertz CT molecular complexity index is 259. The Kier molecular flexibility index (Phi) is 1.55. The molecule has 0 bridgehead atoms. The van der Waals surface area contributed by atoms with Crippen LogP contribution in [0.2, 0.25) is 0 Å². The summed E-state index contributed by atoms with van der Waals surface area (Å²) < 4.78 is 0. The molecule has 11 heavy (non-hydrogen) atoms. The molecular weight excluding hydrogens is 138 g/mol. The number of benzene rings is 1. The van der Waals surface area contributed by atoms with Gasteiger partial charge in [0.15, 0.2) is 0 Å². The van der Waals surface area contributed by atoms with Crippen LogP contribution in [0.3, 0.4) is 0 Å². The van der Waals surface area contributed by atoms with Gasteiger partial charge < -0.3 is 0 Å². The predicted octanol–water partition coefficient (Wildman–Crippen LogP) is 1.99. The van der Waals surface area contributed by atoms with E-state index in [1.807, 2.05) is 24.3 Å². The highest BCUT2D eigenvalue weighted by molar-refractivity contribution is 5.54. The molecule has 0 spiro atoms. The number of aryl methyl sites for hydroxylation is 1. The number of hydroxylamine groups is 1. The summed E-state index contributed by atoms with van der Waals surface area (Å²) in [6.07, 6.45) is 1.96. The smallest absolute Gasteiger partial charge is 0.0795 e. The summed E-state index contributed by atoms with van der Waals surface area (Å²) in [5, 5.41) is 10.5. The van der Waals surface area contributed by atoms with E-state index in [9.17, 15) is 5.21 Å². The van der Waals surface area contributed by atoms with Gasteiger partial charge in [0.05, 0.1) is 12.2 Å². The third kappa shape index (κ3) is 1.10. The number of fused-ring (bicyclic) bond motifs is 1. The van der Waals surface area contributed by atoms with Crippen LogP contribution in [0.1, 0.15) is 12.0 Å². The zero-order valence-electron chi connectivity index (χ0n) is 6.20. The van der Waals surface area contributed by atoms with Crippen molar-refractivity contribution in [3.8, 4) is 0 Å². The van der Waals surface area contributed by atoms with Crippen LogP contribution in [0.4, 0.5) is 5.69 Å². The van der Waals surface area contributed by atoms with E-state index in [2.05, 4.69) is 0 Å². The van der Waals surface area contributed by atoms with Crippen molar-refractivity contribution in [2.24, 2.45) is 0 Å². The van der Waals surface area contributed by atoms with E-state index in [0.717, 1.165) is 18.5 Å². The van der Waals surface area contributed by atoms with Gasteiger partial charge >= 0.3 is 0 Å². The minimum atomic E-state index is 0.916. The molecule has 0 atom stereocenters. The summed E-state index contributed by atoms with van der Waals surface area (Å²) >= 11 is 0. The number of hydrogen-bond acceptors (Lipinski definition) is 2. The van der Waals surface area contributed by atoms with Gasteiger partial charge in [-0.2, -0.15) is 0 Å². The lowest BCUT2D eigenvalue weighted by molar-refractivity contribution is 0.270. The van der Waals surface area contributed by atoms with Crippen molar-refractivity contribution in [1.82, 2.24) is 0 Å². The Labute approximate surface area is 66.0 Å². The van der Waals surface area contributed by atoms with Crippen molar-refractivity contribution < 1.29 is 5.21 Å². The standard InChI is InChI=1S/C9H10NO/c11-10-7-3-5-8-4-1-2-6-9(8)10/h1-2,4,6-7,11H,3,5H2. The van der Waals surface area contributed by atoms with Crippen LogP contribution >= 0.6 is 0 Å². The summed E-state index contributed by atoms with van der Waals surface area (Å²) in [7, 11) is 0. The largest absolute Gasteiger partial charge is 0.288 e. The maximum absolute atomic E-state index is 9.34. The predicted molar refractivity (Wildman–Crippen MR) is 43.3 cm³/mol. The molecule has 2 nitrogen and oxygen atoms in total. The fourth-order valence-electron chi connectivity index (χ4n) is 1.39. The molecule has 1 aromatic carbocycles. The summed E-state index contributed by atoms with van der Waals surface area (Å²) in [6, 6.07) is 7.90. The number of para-hydroxylation sites is 1. The second kappa shape index (κ2) is 2.55. The Balaban J connectivity index is 2.44. The van der Waals surface area contributed by atoms with Gasteiger partial charge in [-0.05, 0) is 24.5 Å². The van der Waals surface area contributed by atoms with Gasteiger partial charge in [-0.3, -0.25) is 10.3 Å². The van der Waals surface area contributed by atoms with Crippen molar-refractivity contribution in [3.63, 3.8) is 0 Å². The van der Waals surface area contributed by atoms with E-state index in [1.165, 1.54) is 10.6 Å². The van der Waals surface area contributed by atoms with Crippen molar-refractivity contribution in [1.29, 1.82) is 0 Å².